The number of carbonyl (C=O) groups is 5. The second-order valence-electron chi connectivity index (χ2n) is 17.4. The average molecular weight is 819 g/mol. The van der Waals surface area contributed by atoms with E-state index in [1.54, 1.807) is 24.3 Å². The first-order valence-electron chi connectivity index (χ1n) is 20.2. The smallest absolute Gasteiger partial charge is 0.408 e. The van der Waals surface area contributed by atoms with Gasteiger partial charge in [0.25, 0.3) is 0 Å². The molecule has 0 radical (unpaired) electrons. The molecule has 1 aromatic carbocycles. The Kier molecular flexibility index (Phi) is 11.6. The molecule has 0 spiro atoms. The summed E-state index contributed by atoms with van der Waals surface area (Å²) in [5.41, 5.74) is -0.280. The van der Waals surface area contributed by atoms with Gasteiger partial charge in [0, 0.05) is 35.4 Å². The molecule has 1 saturated heterocycles. The van der Waals surface area contributed by atoms with Crippen molar-refractivity contribution < 1.29 is 42.9 Å². The van der Waals surface area contributed by atoms with Crippen LogP contribution in [0.15, 0.2) is 29.6 Å². The van der Waals surface area contributed by atoms with Gasteiger partial charge < -0.3 is 39.8 Å². The number of fused-ring (bicyclic) bond motifs is 2. The third-order valence-corrected chi connectivity index (χ3v) is 12.5. The number of aldehydes is 1. The number of likely N-dealkylation sites (tertiary alicyclic amines) is 1. The summed E-state index contributed by atoms with van der Waals surface area (Å²) in [7, 11) is 1.29. The van der Waals surface area contributed by atoms with Crippen molar-refractivity contribution in [3.05, 3.63) is 29.6 Å². The summed E-state index contributed by atoms with van der Waals surface area (Å²) in [6, 6.07) is 5.09. The zero-order chi connectivity index (χ0) is 41.5. The molecule has 3 aliphatic carbocycles. The van der Waals surface area contributed by atoms with Crippen LogP contribution < -0.4 is 25.4 Å². The van der Waals surface area contributed by atoms with Crippen LogP contribution in [0.4, 0.5) is 9.93 Å². The van der Waals surface area contributed by atoms with E-state index in [4.69, 9.17) is 28.9 Å². The number of benzene rings is 1. The standard InChI is InChI=1S/C42H54N6O9S/c1-8-25-19-42(25,38(52)54-7)47-36(50)33-17-28(20-48(33)37(51)35(41(4,5)6)46-40(53)57-27-14-23-13-24(23)15-27)56-34-18-31(32-21-58-39(45-32)43-22(2)3)44-30-16-26(55-12-11-49)9-10-29(30)34/h9-11,16,18,21-25,27-28,33,35H,8,12-15,17,19-20H2,1-7H3,(H,43,45)(H,46,53)(H,47,50)/t23-,24+,25-,27+,28-,33+,35?,42-/m1/s1. The minimum absolute atomic E-state index is 0.00742. The van der Waals surface area contributed by atoms with Crippen molar-refractivity contribution >= 4 is 57.5 Å². The van der Waals surface area contributed by atoms with E-state index in [0.29, 0.717) is 64.8 Å². The van der Waals surface area contributed by atoms with Gasteiger partial charge in [-0.2, -0.15) is 0 Å². The van der Waals surface area contributed by atoms with Gasteiger partial charge in [-0.15, -0.1) is 11.3 Å². The number of anilines is 1. The van der Waals surface area contributed by atoms with E-state index >= 15 is 0 Å². The molecule has 3 aromatic rings. The van der Waals surface area contributed by atoms with Crippen molar-refractivity contribution in [2.24, 2.45) is 23.2 Å². The first-order chi connectivity index (χ1) is 27.6. The van der Waals surface area contributed by atoms with Crippen LogP contribution in [0, 0.1) is 23.2 Å². The Bertz CT molecular complexity index is 2060. The fourth-order valence-electron chi connectivity index (χ4n) is 8.52. The number of hydrogen-bond acceptors (Lipinski definition) is 13. The van der Waals surface area contributed by atoms with Crippen LogP contribution in [0.5, 0.6) is 11.5 Å². The summed E-state index contributed by atoms with van der Waals surface area (Å²) in [5.74, 6) is 0.491. The number of carbonyl (C=O) groups excluding carboxylic acids is 5. The van der Waals surface area contributed by atoms with Crippen molar-refractivity contribution in [3.8, 4) is 22.9 Å². The van der Waals surface area contributed by atoms with Gasteiger partial charge in [0.15, 0.2) is 11.4 Å². The van der Waals surface area contributed by atoms with Crippen molar-refractivity contribution in [1.82, 2.24) is 25.5 Å². The number of nitrogens with zero attached hydrogens (tertiary/aromatic N) is 3. The van der Waals surface area contributed by atoms with E-state index in [0.717, 1.165) is 18.0 Å². The maximum absolute atomic E-state index is 14.7. The molecule has 58 heavy (non-hydrogen) atoms. The Labute approximate surface area is 342 Å². The first kappa shape index (κ1) is 41.2. The number of nitrogens with one attached hydrogen (secondary N) is 3. The zero-order valence-corrected chi connectivity index (χ0v) is 35.0. The number of pyridine rings is 1. The molecular formula is C42H54N6O9S. The van der Waals surface area contributed by atoms with Crippen LogP contribution in [0.1, 0.15) is 80.1 Å². The molecule has 4 fully saturated rings. The quantitative estimate of drug-likeness (QED) is 0.129. The number of thiazole rings is 1. The van der Waals surface area contributed by atoms with Crippen LogP contribution in [0.3, 0.4) is 0 Å². The SMILES string of the molecule is CC[C@@H]1C[C@]1(NC(=O)[C@@H]1C[C@@H](Oc2cc(-c3csc(NC(C)C)n3)nc3cc(OCC=O)ccc23)CN1C(=O)C(NC(=O)O[C@@H]1C[C@@H]2C[C@@H]2C1)C(C)(C)C)C(=O)OC. The van der Waals surface area contributed by atoms with E-state index in [-0.39, 0.29) is 37.6 Å². The highest BCUT2D eigenvalue weighted by molar-refractivity contribution is 7.14. The van der Waals surface area contributed by atoms with Gasteiger partial charge in [-0.05, 0) is 74.8 Å². The predicted molar refractivity (Wildman–Crippen MR) is 216 cm³/mol. The molecule has 16 heteroatoms. The number of esters is 1. The van der Waals surface area contributed by atoms with Crippen LogP contribution in [-0.4, -0.2) is 101 Å². The van der Waals surface area contributed by atoms with Crippen molar-refractivity contribution in [1.29, 1.82) is 0 Å². The van der Waals surface area contributed by atoms with Crippen molar-refractivity contribution in [3.63, 3.8) is 0 Å². The third kappa shape index (κ3) is 8.71. The molecule has 3 N–H and O–H groups in total. The van der Waals surface area contributed by atoms with Gasteiger partial charge in [0.05, 0.1) is 24.9 Å². The lowest BCUT2D eigenvalue weighted by Gasteiger charge is -2.35. The van der Waals surface area contributed by atoms with E-state index in [1.165, 1.54) is 29.8 Å². The maximum Gasteiger partial charge on any atom is 0.408 e. The van der Waals surface area contributed by atoms with Gasteiger partial charge >= 0.3 is 12.1 Å². The Hall–Kier alpha value is -4.99. The molecule has 312 valence electrons. The maximum atomic E-state index is 14.7. The van der Waals surface area contributed by atoms with Crippen LogP contribution in [-0.2, 0) is 28.7 Å². The minimum Gasteiger partial charge on any atom is -0.488 e. The number of alkyl carbamates (subject to hydrolysis) is 1. The summed E-state index contributed by atoms with van der Waals surface area (Å²) < 4.78 is 23.2. The molecule has 8 atom stereocenters. The monoisotopic (exact) mass is 818 g/mol. The third-order valence-electron chi connectivity index (χ3n) is 11.7. The number of rotatable bonds is 15. The summed E-state index contributed by atoms with van der Waals surface area (Å²) in [4.78, 5) is 77.6. The van der Waals surface area contributed by atoms with Crippen molar-refractivity contribution in [2.45, 2.75) is 116 Å². The van der Waals surface area contributed by atoms with Crippen LogP contribution in [0.2, 0.25) is 0 Å². The molecule has 3 heterocycles. The Balaban J connectivity index is 1.20. The predicted octanol–water partition coefficient (Wildman–Crippen LogP) is 5.50. The molecule has 3 saturated carbocycles. The summed E-state index contributed by atoms with van der Waals surface area (Å²) in [5, 5.41) is 12.4. The largest absolute Gasteiger partial charge is 0.488 e. The van der Waals surface area contributed by atoms with E-state index in [9.17, 15) is 24.0 Å². The van der Waals surface area contributed by atoms with Gasteiger partial charge in [-0.25, -0.2) is 19.6 Å². The zero-order valence-electron chi connectivity index (χ0n) is 34.2. The molecule has 15 nitrogen and oxygen atoms in total. The average Bonchev–Trinajstić information content (AvgIpc) is 3.84. The van der Waals surface area contributed by atoms with Gasteiger partial charge in [0.1, 0.15) is 53.6 Å². The summed E-state index contributed by atoms with van der Waals surface area (Å²) in [6.45, 7) is 11.4. The van der Waals surface area contributed by atoms with E-state index in [1.807, 2.05) is 46.9 Å². The van der Waals surface area contributed by atoms with Crippen molar-refractivity contribution in [2.75, 3.05) is 25.6 Å². The number of ether oxygens (including phenoxy) is 4. The highest BCUT2D eigenvalue weighted by atomic mass is 32.1. The Morgan fingerprint density at radius 2 is 1.79 bits per heavy atom. The molecular weight excluding hydrogens is 765 g/mol. The number of aromatic nitrogens is 2. The molecule has 7 rings (SSSR count). The lowest BCUT2D eigenvalue weighted by Crippen LogP contribution is -2.59. The molecule has 0 bridgehead atoms. The summed E-state index contributed by atoms with van der Waals surface area (Å²) in [6.07, 6.45) is 3.15. The van der Waals surface area contributed by atoms with Gasteiger partial charge in [-0.3, -0.25) is 14.4 Å². The molecule has 1 aliphatic heterocycles. The van der Waals surface area contributed by atoms with Gasteiger partial charge in [-0.1, -0.05) is 34.1 Å². The topological polar surface area (TPSA) is 187 Å². The molecule has 3 amide bonds. The second kappa shape index (κ2) is 16.3. The minimum atomic E-state index is -1.18. The fourth-order valence-corrected chi connectivity index (χ4v) is 9.37. The molecule has 1 unspecified atom stereocenters. The van der Waals surface area contributed by atoms with Crippen LogP contribution in [0.25, 0.3) is 22.3 Å². The number of amides is 3. The number of methoxy groups -OCH3 is 1. The highest BCUT2D eigenvalue weighted by Gasteiger charge is 2.62. The lowest BCUT2D eigenvalue weighted by molar-refractivity contribution is -0.148. The molecule has 2 aromatic heterocycles. The van der Waals surface area contributed by atoms with E-state index < -0.39 is 53.0 Å². The Morgan fingerprint density at radius 1 is 1.03 bits per heavy atom. The molecule has 4 aliphatic rings. The fraction of sp³-hybridized carbons (Fsp3) is 0.595. The lowest BCUT2D eigenvalue weighted by atomic mass is 9.85. The second-order valence-corrected chi connectivity index (χ2v) is 18.3. The number of hydrogen-bond donors (Lipinski definition) is 3. The van der Waals surface area contributed by atoms with Crippen LogP contribution >= 0.6 is 11.3 Å². The normalized spacial score (nSPS) is 26.4. The summed E-state index contributed by atoms with van der Waals surface area (Å²) >= 11 is 1.45. The first-order valence-corrected chi connectivity index (χ1v) is 21.1. The van der Waals surface area contributed by atoms with Gasteiger partial charge in [0.2, 0.25) is 11.8 Å². The van der Waals surface area contributed by atoms with E-state index in [2.05, 4.69) is 16.0 Å². The highest BCUT2D eigenvalue weighted by Crippen LogP contribution is 2.52. The Morgan fingerprint density at radius 3 is 2.45 bits per heavy atom.